The van der Waals surface area contributed by atoms with Gasteiger partial charge in [0.15, 0.2) is 0 Å². The fraction of sp³-hybridized carbons (Fsp3) is 0.368. The summed E-state index contributed by atoms with van der Waals surface area (Å²) in [5, 5.41) is 11.7. The second kappa shape index (κ2) is 6.53. The van der Waals surface area contributed by atoms with E-state index in [0.29, 0.717) is 17.8 Å². The van der Waals surface area contributed by atoms with Crippen LogP contribution >= 0.6 is 0 Å². The number of fused-ring (bicyclic) bond motifs is 1. The standard InChI is InChI=1S/C19H20F3N5/c1-12-8-15(26(2)25-12)10-27-7-6-17-16(11-27)18(24-23-17)13-4-3-5-14(9-13)19(20,21)22/h3-5,8-9H,6-7,10-11H2,1-2H3,(H,23,24). The van der Waals surface area contributed by atoms with E-state index in [-0.39, 0.29) is 0 Å². The van der Waals surface area contributed by atoms with Gasteiger partial charge in [0, 0.05) is 49.9 Å². The molecule has 0 saturated heterocycles. The molecule has 1 aliphatic rings. The van der Waals surface area contributed by atoms with Crippen molar-refractivity contribution in [2.45, 2.75) is 32.6 Å². The molecule has 0 saturated carbocycles. The lowest BCUT2D eigenvalue weighted by molar-refractivity contribution is -0.137. The van der Waals surface area contributed by atoms with Crippen LogP contribution in [0.2, 0.25) is 0 Å². The van der Waals surface area contributed by atoms with Gasteiger partial charge < -0.3 is 0 Å². The van der Waals surface area contributed by atoms with Gasteiger partial charge in [0.25, 0.3) is 0 Å². The number of rotatable bonds is 3. The number of aromatic nitrogens is 4. The highest BCUT2D eigenvalue weighted by atomic mass is 19.4. The summed E-state index contributed by atoms with van der Waals surface area (Å²) >= 11 is 0. The smallest absolute Gasteiger partial charge is 0.293 e. The molecule has 1 aliphatic heterocycles. The van der Waals surface area contributed by atoms with E-state index in [0.717, 1.165) is 48.2 Å². The van der Waals surface area contributed by atoms with Crippen molar-refractivity contribution in [1.82, 2.24) is 24.9 Å². The number of nitrogens with zero attached hydrogens (tertiary/aromatic N) is 4. The lowest BCUT2D eigenvalue weighted by Gasteiger charge is -2.27. The molecule has 2 aromatic heterocycles. The van der Waals surface area contributed by atoms with E-state index in [2.05, 4.69) is 26.3 Å². The zero-order valence-corrected chi connectivity index (χ0v) is 15.1. The van der Waals surface area contributed by atoms with Gasteiger partial charge in [-0.15, -0.1) is 0 Å². The van der Waals surface area contributed by atoms with Crippen LogP contribution in [-0.4, -0.2) is 31.4 Å². The SMILES string of the molecule is Cc1cc(CN2CCc3[nH]nc(-c4cccc(C(F)(F)F)c4)c3C2)n(C)n1. The van der Waals surface area contributed by atoms with Gasteiger partial charge >= 0.3 is 6.18 Å². The largest absolute Gasteiger partial charge is 0.416 e. The van der Waals surface area contributed by atoms with Crippen LogP contribution in [0, 0.1) is 6.92 Å². The van der Waals surface area contributed by atoms with Gasteiger partial charge in [-0.3, -0.25) is 14.7 Å². The van der Waals surface area contributed by atoms with E-state index in [1.54, 1.807) is 6.07 Å². The first kappa shape index (κ1) is 17.8. The van der Waals surface area contributed by atoms with Gasteiger partial charge in [-0.05, 0) is 25.1 Å². The molecule has 8 heteroatoms. The molecule has 0 bridgehead atoms. The maximum Gasteiger partial charge on any atom is 0.416 e. The minimum absolute atomic E-state index is 0.487. The Balaban J connectivity index is 1.61. The van der Waals surface area contributed by atoms with E-state index < -0.39 is 11.7 Å². The molecule has 142 valence electrons. The van der Waals surface area contributed by atoms with E-state index in [4.69, 9.17) is 0 Å². The van der Waals surface area contributed by atoms with Crippen molar-refractivity contribution < 1.29 is 13.2 Å². The summed E-state index contributed by atoms with van der Waals surface area (Å²) in [6.45, 7) is 4.20. The molecule has 3 aromatic rings. The number of alkyl halides is 3. The maximum atomic E-state index is 13.0. The summed E-state index contributed by atoms with van der Waals surface area (Å²) in [4.78, 5) is 2.27. The highest BCUT2D eigenvalue weighted by molar-refractivity contribution is 5.65. The van der Waals surface area contributed by atoms with Gasteiger partial charge in [0.2, 0.25) is 0 Å². The molecule has 0 atom stereocenters. The summed E-state index contributed by atoms with van der Waals surface area (Å²) in [5.41, 5.74) is 4.48. The fourth-order valence-electron chi connectivity index (χ4n) is 3.61. The van der Waals surface area contributed by atoms with Crippen molar-refractivity contribution in [3.63, 3.8) is 0 Å². The number of aromatic amines is 1. The zero-order chi connectivity index (χ0) is 19.2. The van der Waals surface area contributed by atoms with Crippen LogP contribution in [0.15, 0.2) is 30.3 Å². The Morgan fingerprint density at radius 1 is 1.22 bits per heavy atom. The molecule has 0 fully saturated rings. The number of hydrogen-bond donors (Lipinski definition) is 1. The Labute approximate surface area is 154 Å². The monoisotopic (exact) mass is 375 g/mol. The molecular weight excluding hydrogens is 355 g/mol. The molecule has 27 heavy (non-hydrogen) atoms. The van der Waals surface area contributed by atoms with Gasteiger partial charge in [-0.2, -0.15) is 23.4 Å². The number of benzene rings is 1. The normalized spacial score (nSPS) is 15.1. The molecule has 1 N–H and O–H groups in total. The number of H-pyrrole nitrogens is 1. The molecule has 0 aliphatic carbocycles. The van der Waals surface area contributed by atoms with Crippen LogP contribution in [0.25, 0.3) is 11.3 Å². The van der Waals surface area contributed by atoms with Crippen LogP contribution < -0.4 is 0 Å². The van der Waals surface area contributed by atoms with Crippen molar-refractivity contribution in [2.75, 3.05) is 6.54 Å². The summed E-state index contributed by atoms with van der Waals surface area (Å²) in [6, 6.07) is 7.41. The average Bonchev–Trinajstić information content (AvgIpc) is 3.17. The minimum Gasteiger partial charge on any atom is -0.293 e. The van der Waals surface area contributed by atoms with Crippen molar-refractivity contribution in [3.05, 3.63) is 58.5 Å². The van der Waals surface area contributed by atoms with Crippen LogP contribution in [0.1, 0.15) is 28.2 Å². The minimum atomic E-state index is -4.37. The van der Waals surface area contributed by atoms with Crippen LogP contribution in [0.5, 0.6) is 0 Å². The molecule has 0 radical (unpaired) electrons. The highest BCUT2D eigenvalue weighted by Gasteiger charge is 2.31. The summed E-state index contributed by atoms with van der Waals surface area (Å²) in [5.74, 6) is 0. The van der Waals surface area contributed by atoms with Crippen LogP contribution in [-0.2, 0) is 32.7 Å². The average molecular weight is 375 g/mol. The Kier molecular flexibility index (Phi) is 4.30. The lowest BCUT2D eigenvalue weighted by Crippen LogP contribution is -2.30. The van der Waals surface area contributed by atoms with Crippen LogP contribution in [0.4, 0.5) is 13.2 Å². The number of halogens is 3. The molecule has 5 nitrogen and oxygen atoms in total. The van der Waals surface area contributed by atoms with Gasteiger partial charge in [-0.25, -0.2) is 0 Å². The van der Waals surface area contributed by atoms with Crippen molar-refractivity contribution in [3.8, 4) is 11.3 Å². The molecular formula is C19H20F3N5. The molecule has 0 amide bonds. The third-order valence-electron chi connectivity index (χ3n) is 4.96. The first-order chi connectivity index (χ1) is 12.8. The van der Waals surface area contributed by atoms with Crippen molar-refractivity contribution in [1.29, 1.82) is 0 Å². The topological polar surface area (TPSA) is 49.7 Å². The third kappa shape index (κ3) is 3.49. The van der Waals surface area contributed by atoms with Gasteiger partial charge in [-0.1, -0.05) is 12.1 Å². The molecule has 4 rings (SSSR count). The van der Waals surface area contributed by atoms with Gasteiger partial charge in [0.05, 0.1) is 22.6 Å². The Morgan fingerprint density at radius 2 is 2.04 bits per heavy atom. The summed E-state index contributed by atoms with van der Waals surface area (Å²) in [6.07, 6.45) is -3.58. The Bertz CT molecular complexity index is 970. The van der Waals surface area contributed by atoms with E-state index in [1.165, 1.54) is 12.1 Å². The molecule has 0 spiro atoms. The zero-order valence-electron chi connectivity index (χ0n) is 15.1. The second-order valence-corrected chi connectivity index (χ2v) is 6.97. The Morgan fingerprint density at radius 3 is 2.74 bits per heavy atom. The fourth-order valence-corrected chi connectivity index (χ4v) is 3.61. The predicted octanol–water partition coefficient (Wildman–Crippen LogP) is 3.70. The van der Waals surface area contributed by atoms with Crippen LogP contribution in [0.3, 0.4) is 0 Å². The first-order valence-electron chi connectivity index (χ1n) is 8.77. The lowest BCUT2D eigenvalue weighted by atomic mass is 9.99. The summed E-state index contributed by atoms with van der Waals surface area (Å²) < 4.78 is 41.0. The highest BCUT2D eigenvalue weighted by Crippen LogP contribution is 2.34. The molecule has 3 heterocycles. The van der Waals surface area contributed by atoms with Crippen molar-refractivity contribution in [2.24, 2.45) is 7.05 Å². The summed E-state index contributed by atoms with van der Waals surface area (Å²) in [7, 11) is 1.92. The second-order valence-electron chi connectivity index (χ2n) is 6.97. The van der Waals surface area contributed by atoms with E-state index in [9.17, 15) is 13.2 Å². The quantitative estimate of drug-likeness (QED) is 0.760. The number of hydrogen-bond acceptors (Lipinski definition) is 3. The van der Waals surface area contributed by atoms with Gasteiger partial charge in [0.1, 0.15) is 0 Å². The number of nitrogens with one attached hydrogen (secondary N) is 1. The van der Waals surface area contributed by atoms with Crippen molar-refractivity contribution >= 4 is 0 Å². The number of aryl methyl sites for hydroxylation is 2. The molecule has 0 unspecified atom stereocenters. The predicted molar refractivity (Wildman–Crippen MR) is 94.8 cm³/mol. The first-order valence-corrected chi connectivity index (χ1v) is 8.77. The van der Waals surface area contributed by atoms with E-state index in [1.807, 2.05) is 18.7 Å². The molecule has 1 aromatic carbocycles. The van der Waals surface area contributed by atoms with E-state index >= 15 is 0 Å². The third-order valence-corrected chi connectivity index (χ3v) is 4.96. The Hall–Kier alpha value is -2.61. The maximum absolute atomic E-state index is 13.0.